The van der Waals surface area contributed by atoms with E-state index in [0.717, 1.165) is 25.3 Å². The molecule has 8 nitrogen and oxygen atoms in total. The van der Waals surface area contributed by atoms with Gasteiger partial charge in [-0.05, 0) is 50.5 Å². The topological polar surface area (TPSA) is 115 Å². The lowest BCUT2D eigenvalue weighted by Crippen LogP contribution is -2.40. The number of hydrogen-bond donors (Lipinski definition) is 2. The van der Waals surface area contributed by atoms with Gasteiger partial charge in [-0.2, -0.15) is 13.2 Å². The van der Waals surface area contributed by atoms with Gasteiger partial charge in [0.15, 0.2) is 11.5 Å². The van der Waals surface area contributed by atoms with Gasteiger partial charge in [-0.1, -0.05) is 19.8 Å². The highest BCUT2D eigenvalue weighted by atomic mass is 19.4. The number of fused-ring (bicyclic) bond motifs is 1. The number of benzene rings is 1. The van der Waals surface area contributed by atoms with Gasteiger partial charge in [-0.25, -0.2) is 9.97 Å². The highest BCUT2D eigenvalue weighted by molar-refractivity contribution is 5.98. The van der Waals surface area contributed by atoms with Gasteiger partial charge in [-0.3, -0.25) is 4.79 Å². The highest BCUT2D eigenvalue weighted by Crippen LogP contribution is 2.37. The van der Waals surface area contributed by atoms with Crippen LogP contribution in [-0.2, 0) is 12.7 Å². The molecule has 0 saturated carbocycles. The predicted octanol–water partition coefficient (Wildman–Crippen LogP) is 4.92. The average Bonchev–Trinajstić information content (AvgIpc) is 3.31. The van der Waals surface area contributed by atoms with Gasteiger partial charge in [0.2, 0.25) is 5.89 Å². The fraction of sp³-hybridized carbons (Fsp3) is 0.500. The number of nitrogens with zero attached hydrogens (tertiary/aromatic N) is 3. The van der Waals surface area contributed by atoms with Gasteiger partial charge in [0.25, 0.3) is 5.91 Å². The SMILES string of the molecule is CCCCC(C)Oc1ccc(-c2nc(C(=O)N3CCC(O)CC3)c(CN)o2)c2ccc(C(F)(F)F)nc12. The van der Waals surface area contributed by atoms with E-state index in [1.54, 1.807) is 17.0 Å². The smallest absolute Gasteiger partial charge is 0.433 e. The molecule has 1 atom stereocenters. The first-order valence-corrected chi connectivity index (χ1v) is 12.5. The summed E-state index contributed by atoms with van der Waals surface area (Å²) < 4.78 is 52.3. The van der Waals surface area contributed by atoms with Gasteiger partial charge in [-0.15, -0.1) is 0 Å². The van der Waals surface area contributed by atoms with E-state index in [9.17, 15) is 23.1 Å². The van der Waals surface area contributed by atoms with E-state index >= 15 is 0 Å². The summed E-state index contributed by atoms with van der Waals surface area (Å²) in [6.45, 7) is 4.58. The number of alkyl halides is 3. The Morgan fingerprint density at radius 3 is 2.62 bits per heavy atom. The Morgan fingerprint density at radius 2 is 1.97 bits per heavy atom. The van der Waals surface area contributed by atoms with Crippen molar-refractivity contribution in [3.05, 3.63) is 41.4 Å². The molecule has 1 amide bonds. The average molecular weight is 521 g/mol. The number of carbonyl (C=O) groups excluding carboxylic acids is 1. The number of pyridine rings is 1. The monoisotopic (exact) mass is 520 g/mol. The first-order chi connectivity index (χ1) is 17.6. The predicted molar refractivity (Wildman–Crippen MR) is 131 cm³/mol. The van der Waals surface area contributed by atoms with Gasteiger partial charge >= 0.3 is 6.18 Å². The number of aliphatic hydroxyl groups is 1. The van der Waals surface area contributed by atoms with Crippen LogP contribution in [0.2, 0.25) is 0 Å². The number of halogens is 3. The Balaban J connectivity index is 1.76. The minimum atomic E-state index is -4.63. The van der Waals surface area contributed by atoms with E-state index < -0.39 is 18.0 Å². The molecular weight excluding hydrogens is 489 g/mol. The van der Waals surface area contributed by atoms with Crippen molar-refractivity contribution in [2.75, 3.05) is 13.1 Å². The van der Waals surface area contributed by atoms with E-state index in [-0.39, 0.29) is 47.2 Å². The Bertz CT molecular complexity index is 1250. The molecule has 1 saturated heterocycles. The number of aliphatic hydroxyl groups excluding tert-OH is 1. The molecule has 1 aliphatic rings. The largest absolute Gasteiger partial charge is 0.488 e. The van der Waals surface area contributed by atoms with Crippen LogP contribution in [0.3, 0.4) is 0 Å². The second-order valence-electron chi connectivity index (χ2n) is 9.29. The number of unbranched alkanes of at least 4 members (excludes halogenated alkanes) is 1. The van der Waals surface area contributed by atoms with Crippen molar-refractivity contribution in [3.8, 4) is 17.2 Å². The molecule has 11 heteroatoms. The Hall–Kier alpha value is -3.18. The number of likely N-dealkylation sites (tertiary alicyclic amines) is 1. The summed E-state index contributed by atoms with van der Waals surface area (Å²) in [4.78, 5) is 23.0. The molecule has 0 bridgehead atoms. The van der Waals surface area contributed by atoms with E-state index in [4.69, 9.17) is 14.9 Å². The zero-order chi connectivity index (χ0) is 26.7. The number of piperidine rings is 1. The molecule has 1 aliphatic heterocycles. The maximum absolute atomic E-state index is 13.5. The van der Waals surface area contributed by atoms with Crippen LogP contribution in [0.1, 0.15) is 67.9 Å². The number of nitrogens with two attached hydrogens (primary N) is 1. The van der Waals surface area contributed by atoms with E-state index in [1.165, 1.54) is 6.07 Å². The van der Waals surface area contributed by atoms with Crippen LogP contribution < -0.4 is 10.5 Å². The first-order valence-electron chi connectivity index (χ1n) is 12.5. The summed E-state index contributed by atoms with van der Waals surface area (Å²) in [5.41, 5.74) is 5.24. The van der Waals surface area contributed by atoms with Crippen molar-refractivity contribution in [1.29, 1.82) is 0 Å². The van der Waals surface area contributed by atoms with Gasteiger partial charge in [0.05, 0.1) is 18.8 Å². The molecule has 3 aromatic rings. The minimum Gasteiger partial charge on any atom is -0.488 e. The van der Waals surface area contributed by atoms with Gasteiger partial charge < -0.3 is 24.9 Å². The van der Waals surface area contributed by atoms with Crippen LogP contribution in [0.15, 0.2) is 28.7 Å². The number of carbonyl (C=O) groups is 1. The van der Waals surface area contributed by atoms with Crippen LogP contribution in [-0.4, -0.2) is 51.2 Å². The van der Waals surface area contributed by atoms with Crippen LogP contribution in [0, 0.1) is 0 Å². The molecule has 0 radical (unpaired) electrons. The van der Waals surface area contributed by atoms with E-state index in [0.29, 0.717) is 36.9 Å². The van der Waals surface area contributed by atoms with Crippen molar-refractivity contribution in [2.45, 2.75) is 70.9 Å². The van der Waals surface area contributed by atoms with Gasteiger partial charge in [0, 0.05) is 24.0 Å². The zero-order valence-electron chi connectivity index (χ0n) is 20.8. The molecule has 4 rings (SSSR count). The summed E-state index contributed by atoms with van der Waals surface area (Å²) in [5, 5.41) is 10.1. The van der Waals surface area contributed by atoms with Crippen LogP contribution >= 0.6 is 0 Å². The molecule has 1 aromatic carbocycles. The molecule has 0 aliphatic carbocycles. The Labute approximate surface area is 212 Å². The number of oxazole rings is 1. The lowest BCUT2D eigenvalue weighted by atomic mass is 10.1. The maximum atomic E-state index is 13.5. The summed E-state index contributed by atoms with van der Waals surface area (Å²) in [7, 11) is 0. The third kappa shape index (κ3) is 5.88. The standard InChI is InChI=1S/C26H31F3N4O4/c1-3-4-5-15(2)36-19-8-6-18(17-7-9-21(26(27,28)29)31-22(17)19)24-32-23(20(14-30)37-24)25(35)33-12-10-16(34)11-13-33/h6-9,15-16,34H,3-5,10-14,30H2,1-2H3. The quantitative estimate of drug-likeness (QED) is 0.433. The molecule has 1 unspecified atom stereocenters. The maximum Gasteiger partial charge on any atom is 0.433 e. The van der Waals surface area contributed by atoms with Gasteiger partial charge in [0.1, 0.15) is 17.0 Å². The molecule has 2 aromatic heterocycles. The molecule has 1 fully saturated rings. The number of aromatic nitrogens is 2. The van der Waals surface area contributed by atoms with Crippen LogP contribution in [0.5, 0.6) is 5.75 Å². The molecular formula is C26H31F3N4O4. The van der Waals surface area contributed by atoms with E-state index in [1.807, 2.05) is 13.8 Å². The summed E-state index contributed by atoms with van der Waals surface area (Å²) in [5.74, 6) is 0.0849. The van der Waals surface area contributed by atoms with E-state index in [2.05, 4.69) is 9.97 Å². The lowest BCUT2D eigenvalue weighted by Gasteiger charge is -2.29. The third-order valence-corrected chi connectivity index (χ3v) is 6.47. The second-order valence-corrected chi connectivity index (χ2v) is 9.29. The number of amides is 1. The van der Waals surface area contributed by atoms with Crippen molar-refractivity contribution in [2.24, 2.45) is 5.73 Å². The Morgan fingerprint density at radius 1 is 1.24 bits per heavy atom. The third-order valence-electron chi connectivity index (χ3n) is 6.47. The summed E-state index contributed by atoms with van der Waals surface area (Å²) >= 11 is 0. The van der Waals surface area contributed by atoms with Crippen LogP contribution in [0.25, 0.3) is 22.4 Å². The zero-order valence-corrected chi connectivity index (χ0v) is 20.8. The van der Waals surface area contributed by atoms with Crippen molar-refractivity contribution >= 4 is 16.8 Å². The summed E-state index contributed by atoms with van der Waals surface area (Å²) in [6, 6.07) is 5.39. The number of ether oxygens (including phenoxy) is 1. The molecule has 3 heterocycles. The number of rotatable bonds is 8. The van der Waals surface area contributed by atoms with Crippen molar-refractivity contribution < 1.29 is 32.2 Å². The highest BCUT2D eigenvalue weighted by Gasteiger charge is 2.34. The first kappa shape index (κ1) is 26.9. The van der Waals surface area contributed by atoms with Crippen LogP contribution in [0.4, 0.5) is 13.2 Å². The fourth-order valence-corrected chi connectivity index (χ4v) is 4.39. The normalized spacial score (nSPS) is 15.8. The lowest BCUT2D eigenvalue weighted by molar-refractivity contribution is -0.140. The molecule has 200 valence electrons. The number of hydrogen-bond acceptors (Lipinski definition) is 7. The second kappa shape index (κ2) is 11.1. The molecule has 3 N–H and O–H groups in total. The van der Waals surface area contributed by atoms with Crippen molar-refractivity contribution in [1.82, 2.24) is 14.9 Å². The molecule has 0 spiro atoms. The fourth-order valence-electron chi connectivity index (χ4n) is 4.39. The molecule has 37 heavy (non-hydrogen) atoms. The Kier molecular flexibility index (Phi) is 8.03. The van der Waals surface area contributed by atoms with Crippen molar-refractivity contribution in [3.63, 3.8) is 0 Å². The summed E-state index contributed by atoms with van der Waals surface area (Å²) in [6.07, 6.45) is -1.74. The minimum absolute atomic E-state index is 0.0288.